The lowest BCUT2D eigenvalue weighted by Crippen LogP contribution is -2.11. The molecule has 0 saturated heterocycles. The van der Waals surface area contributed by atoms with Crippen LogP contribution in [-0.2, 0) is 0 Å². The molecular formula is C10H13ClFNO. The van der Waals surface area contributed by atoms with E-state index in [1.165, 1.54) is 12.1 Å². The van der Waals surface area contributed by atoms with Gasteiger partial charge >= 0.3 is 0 Å². The molecular weight excluding hydrogens is 205 g/mol. The molecule has 0 amide bonds. The Morgan fingerprint density at radius 3 is 2.71 bits per heavy atom. The number of halogens is 2. The minimum Gasteiger partial charge on any atom is -0.396 e. The van der Waals surface area contributed by atoms with Crippen molar-refractivity contribution < 1.29 is 9.50 Å². The van der Waals surface area contributed by atoms with E-state index in [0.717, 1.165) is 5.56 Å². The van der Waals surface area contributed by atoms with E-state index in [1.807, 2.05) is 0 Å². The molecule has 0 aromatic heterocycles. The molecule has 0 saturated carbocycles. The minimum atomic E-state index is -0.459. The summed E-state index contributed by atoms with van der Waals surface area (Å²) in [5.41, 5.74) is 6.12. The number of benzene rings is 1. The molecule has 1 atom stereocenters. The minimum absolute atomic E-state index is 0.0295. The van der Waals surface area contributed by atoms with E-state index in [0.29, 0.717) is 13.0 Å². The van der Waals surface area contributed by atoms with Gasteiger partial charge in [-0.3, -0.25) is 0 Å². The molecule has 1 aromatic carbocycles. The first-order valence-electron chi connectivity index (χ1n) is 4.45. The summed E-state index contributed by atoms with van der Waals surface area (Å²) in [5.74, 6) is -0.564. The Morgan fingerprint density at radius 2 is 2.21 bits per heavy atom. The maximum Gasteiger partial charge on any atom is 0.142 e. The van der Waals surface area contributed by atoms with Gasteiger partial charge in [-0.05, 0) is 30.7 Å². The van der Waals surface area contributed by atoms with Gasteiger partial charge in [0.05, 0.1) is 5.02 Å². The average Bonchev–Trinajstić information content (AvgIpc) is 2.19. The second kappa shape index (κ2) is 5.29. The number of hydrogen-bond acceptors (Lipinski definition) is 2. The van der Waals surface area contributed by atoms with Gasteiger partial charge in [-0.15, -0.1) is 0 Å². The number of hydrogen-bond donors (Lipinski definition) is 2. The first-order valence-corrected chi connectivity index (χ1v) is 4.82. The van der Waals surface area contributed by atoms with Gasteiger partial charge in [-0.2, -0.15) is 0 Å². The van der Waals surface area contributed by atoms with Crippen LogP contribution in [0.25, 0.3) is 0 Å². The van der Waals surface area contributed by atoms with Crippen LogP contribution in [0.15, 0.2) is 18.2 Å². The second-order valence-electron chi connectivity index (χ2n) is 3.13. The van der Waals surface area contributed by atoms with Crippen molar-refractivity contribution in [2.75, 3.05) is 13.2 Å². The van der Waals surface area contributed by atoms with Gasteiger partial charge in [-0.1, -0.05) is 17.7 Å². The Kier molecular flexibility index (Phi) is 4.32. The lowest BCUT2D eigenvalue weighted by Gasteiger charge is -2.13. The maximum atomic E-state index is 13.1. The van der Waals surface area contributed by atoms with Crippen molar-refractivity contribution in [3.05, 3.63) is 34.6 Å². The van der Waals surface area contributed by atoms with Crippen molar-refractivity contribution in [3.8, 4) is 0 Å². The van der Waals surface area contributed by atoms with Crippen molar-refractivity contribution in [3.63, 3.8) is 0 Å². The highest BCUT2D eigenvalue weighted by molar-refractivity contribution is 6.30. The van der Waals surface area contributed by atoms with Crippen LogP contribution in [0.5, 0.6) is 0 Å². The molecule has 0 aliphatic carbocycles. The molecule has 1 aromatic rings. The molecule has 0 heterocycles. The van der Waals surface area contributed by atoms with Crippen LogP contribution in [0, 0.1) is 5.82 Å². The van der Waals surface area contributed by atoms with E-state index in [4.69, 9.17) is 22.4 Å². The van der Waals surface area contributed by atoms with Crippen LogP contribution in [-0.4, -0.2) is 18.3 Å². The van der Waals surface area contributed by atoms with Gasteiger partial charge in [0.2, 0.25) is 0 Å². The predicted molar refractivity (Wildman–Crippen MR) is 54.9 cm³/mol. The Bertz CT molecular complexity index is 306. The van der Waals surface area contributed by atoms with E-state index >= 15 is 0 Å². The van der Waals surface area contributed by atoms with E-state index < -0.39 is 5.82 Å². The first-order chi connectivity index (χ1) is 6.69. The molecule has 2 nitrogen and oxygen atoms in total. The normalized spacial score (nSPS) is 12.9. The molecule has 3 N–H and O–H groups in total. The molecule has 4 heteroatoms. The van der Waals surface area contributed by atoms with Crippen LogP contribution in [0.4, 0.5) is 4.39 Å². The lowest BCUT2D eigenvalue weighted by molar-refractivity contribution is 0.260. The largest absolute Gasteiger partial charge is 0.396 e. The van der Waals surface area contributed by atoms with E-state index in [9.17, 15) is 4.39 Å². The Labute approximate surface area is 87.5 Å². The van der Waals surface area contributed by atoms with Gasteiger partial charge in [0.15, 0.2) is 0 Å². The Hall–Kier alpha value is -0.640. The van der Waals surface area contributed by atoms with E-state index in [1.54, 1.807) is 6.07 Å². The Balaban J connectivity index is 2.88. The second-order valence-corrected chi connectivity index (χ2v) is 3.54. The zero-order valence-corrected chi connectivity index (χ0v) is 8.47. The van der Waals surface area contributed by atoms with Crippen molar-refractivity contribution in [2.45, 2.75) is 12.3 Å². The predicted octanol–water partition coefficient (Wildman–Crippen LogP) is 1.90. The summed E-state index contributed by atoms with van der Waals surface area (Å²) >= 11 is 5.54. The molecule has 0 bridgehead atoms. The van der Waals surface area contributed by atoms with Crippen molar-refractivity contribution in [2.24, 2.45) is 5.73 Å². The van der Waals surface area contributed by atoms with Gasteiger partial charge in [0, 0.05) is 12.5 Å². The SMILES string of the molecule is NCCC(CO)c1ccc(Cl)c(F)c1. The molecule has 78 valence electrons. The van der Waals surface area contributed by atoms with Crippen LogP contribution in [0.1, 0.15) is 17.9 Å². The highest BCUT2D eigenvalue weighted by atomic mass is 35.5. The molecule has 1 unspecified atom stereocenters. The molecule has 0 radical (unpaired) electrons. The van der Waals surface area contributed by atoms with Crippen LogP contribution >= 0.6 is 11.6 Å². The fourth-order valence-corrected chi connectivity index (χ4v) is 1.45. The zero-order valence-electron chi connectivity index (χ0n) is 7.71. The zero-order chi connectivity index (χ0) is 10.6. The summed E-state index contributed by atoms with van der Waals surface area (Å²) in [6.07, 6.45) is 0.636. The van der Waals surface area contributed by atoms with E-state index in [2.05, 4.69) is 0 Å². The number of nitrogens with two attached hydrogens (primary N) is 1. The van der Waals surface area contributed by atoms with Gasteiger partial charge in [0.1, 0.15) is 5.82 Å². The molecule has 0 fully saturated rings. The summed E-state index contributed by atoms with van der Waals surface area (Å²) in [7, 11) is 0. The fourth-order valence-electron chi connectivity index (χ4n) is 1.33. The first kappa shape index (κ1) is 11.4. The third kappa shape index (κ3) is 2.67. The third-order valence-electron chi connectivity index (χ3n) is 2.15. The fraction of sp³-hybridized carbons (Fsp3) is 0.400. The number of rotatable bonds is 4. The highest BCUT2D eigenvalue weighted by Crippen LogP contribution is 2.23. The van der Waals surface area contributed by atoms with Gasteiger partial charge in [0.25, 0.3) is 0 Å². The summed E-state index contributed by atoms with van der Waals surface area (Å²) in [5, 5.41) is 9.16. The molecule has 0 aliphatic heterocycles. The van der Waals surface area contributed by atoms with Crippen molar-refractivity contribution in [1.29, 1.82) is 0 Å². The van der Waals surface area contributed by atoms with Crippen molar-refractivity contribution in [1.82, 2.24) is 0 Å². The summed E-state index contributed by atoms with van der Waals surface area (Å²) in [6, 6.07) is 4.55. The number of aliphatic hydroxyl groups is 1. The molecule has 14 heavy (non-hydrogen) atoms. The third-order valence-corrected chi connectivity index (χ3v) is 2.46. The summed E-state index contributed by atoms with van der Waals surface area (Å²) in [6.45, 7) is 0.438. The van der Waals surface area contributed by atoms with Crippen LogP contribution in [0.2, 0.25) is 5.02 Å². The highest BCUT2D eigenvalue weighted by Gasteiger charge is 2.11. The summed E-state index contributed by atoms with van der Waals surface area (Å²) < 4.78 is 13.1. The smallest absolute Gasteiger partial charge is 0.142 e. The molecule has 0 aliphatic rings. The van der Waals surface area contributed by atoms with Gasteiger partial charge in [-0.25, -0.2) is 4.39 Å². The molecule has 1 rings (SSSR count). The van der Waals surface area contributed by atoms with Crippen molar-refractivity contribution >= 4 is 11.6 Å². The topological polar surface area (TPSA) is 46.2 Å². The summed E-state index contributed by atoms with van der Waals surface area (Å²) in [4.78, 5) is 0. The van der Waals surface area contributed by atoms with Crippen LogP contribution in [0.3, 0.4) is 0 Å². The maximum absolute atomic E-state index is 13.1. The monoisotopic (exact) mass is 217 g/mol. The number of aliphatic hydroxyl groups excluding tert-OH is 1. The Morgan fingerprint density at radius 1 is 1.50 bits per heavy atom. The standard InChI is InChI=1S/C10H13ClFNO/c11-9-2-1-7(5-10(9)12)8(6-14)3-4-13/h1-2,5,8,14H,3-4,6,13H2. The van der Waals surface area contributed by atoms with Crippen LogP contribution < -0.4 is 5.73 Å². The van der Waals surface area contributed by atoms with Gasteiger partial charge < -0.3 is 10.8 Å². The lowest BCUT2D eigenvalue weighted by atomic mass is 9.97. The van der Waals surface area contributed by atoms with E-state index in [-0.39, 0.29) is 17.5 Å². The average molecular weight is 218 g/mol. The molecule has 0 spiro atoms. The quantitative estimate of drug-likeness (QED) is 0.809.